The molecule has 0 heterocycles. The molecule has 0 aliphatic carbocycles. The second-order valence-electron chi connectivity index (χ2n) is 14.5. The topological polar surface area (TPSA) is 113 Å². The average molecular weight is 733 g/mol. The number of esters is 2. The fourth-order valence-electron chi connectivity index (χ4n) is 5.98. The molecule has 0 unspecified atom stereocenters. The molecule has 3 N–H and O–H groups in total. The van der Waals surface area contributed by atoms with E-state index in [2.05, 4.69) is 19.9 Å². The Hall–Kier alpha value is -2.22. The minimum absolute atomic E-state index is 0.0955. The van der Waals surface area contributed by atoms with Crippen LogP contribution in [-0.2, 0) is 19.1 Å². The SMILES string of the molecule is CCCCC/C=C\C[C@H](O)/C=C/C=C/C=C\[C@H](O)CCCC(=O)O[C@@H](CO)COC(=O)CCCCCCCCCCCCCCCCCCCCC. The molecule has 7 heteroatoms. The molecule has 0 aromatic rings. The normalized spacial score (nSPS) is 13.9. The Kier molecular flexibility index (Phi) is 38.3. The predicted molar refractivity (Wildman–Crippen MR) is 217 cm³/mol. The first-order valence-electron chi connectivity index (χ1n) is 21.4. The van der Waals surface area contributed by atoms with Crippen LogP contribution in [0.5, 0.6) is 0 Å². The van der Waals surface area contributed by atoms with Crippen LogP contribution in [-0.4, -0.2) is 58.8 Å². The number of carbonyl (C=O) groups excluding carboxylic acids is 2. The van der Waals surface area contributed by atoms with E-state index >= 15 is 0 Å². The van der Waals surface area contributed by atoms with Gasteiger partial charge in [-0.15, -0.1) is 0 Å². The Morgan fingerprint density at radius 1 is 0.538 bits per heavy atom. The van der Waals surface area contributed by atoms with Gasteiger partial charge >= 0.3 is 11.9 Å². The molecule has 0 aromatic carbocycles. The molecule has 0 bridgehead atoms. The fraction of sp³-hybridized carbons (Fsp3) is 0.778. The van der Waals surface area contributed by atoms with Gasteiger partial charge in [0.25, 0.3) is 0 Å². The molecule has 0 aliphatic rings. The third-order valence-corrected chi connectivity index (χ3v) is 9.32. The first kappa shape index (κ1) is 49.8. The fourth-order valence-corrected chi connectivity index (χ4v) is 5.98. The minimum Gasteiger partial charge on any atom is -0.462 e. The van der Waals surface area contributed by atoms with Gasteiger partial charge in [0, 0.05) is 12.8 Å². The van der Waals surface area contributed by atoms with Gasteiger partial charge < -0.3 is 24.8 Å². The molecule has 0 spiro atoms. The summed E-state index contributed by atoms with van der Waals surface area (Å²) in [5.41, 5.74) is 0. The summed E-state index contributed by atoms with van der Waals surface area (Å²) in [6.45, 7) is 3.88. The van der Waals surface area contributed by atoms with Gasteiger partial charge in [-0.25, -0.2) is 0 Å². The maximum atomic E-state index is 12.2. The van der Waals surface area contributed by atoms with Crippen molar-refractivity contribution in [3.8, 4) is 0 Å². The Labute approximate surface area is 319 Å². The summed E-state index contributed by atoms with van der Waals surface area (Å²) in [6, 6.07) is 0. The van der Waals surface area contributed by atoms with E-state index in [1.54, 1.807) is 36.5 Å². The van der Waals surface area contributed by atoms with E-state index in [4.69, 9.17) is 9.47 Å². The molecule has 0 aliphatic heterocycles. The first-order chi connectivity index (χ1) is 25.4. The summed E-state index contributed by atoms with van der Waals surface area (Å²) >= 11 is 0. The third-order valence-electron chi connectivity index (χ3n) is 9.32. The van der Waals surface area contributed by atoms with E-state index in [0.29, 0.717) is 25.7 Å². The highest BCUT2D eigenvalue weighted by Crippen LogP contribution is 2.15. The quantitative estimate of drug-likeness (QED) is 0.0251. The molecule has 7 nitrogen and oxygen atoms in total. The van der Waals surface area contributed by atoms with Crippen molar-refractivity contribution < 1.29 is 34.4 Å². The van der Waals surface area contributed by atoms with Crippen LogP contribution in [0, 0.1) is 0 Å². The first-order valence-corrected chi connectivity index (χ1v) is 21.4. The summed E-state index contributed by atoms with van der Waals surface area (Å²) in [7, 11) is 0. The zero-order valence-electron chi connectivity index (χ0n) is 33.5. The van der Waals surface area contributed by atoms with Crippen LogP contribution in [0.2, 0.25) is 0 Å². The number of ether oxygens (including phenoxy) is 2. The largest absolute Gasteiger partial charge is 0.462 e. The zero-order chi connectivity index (χ0) is 38.2. The maximum Gasteiger partial charge on any atom is 0.306 e. The number of hydrogen-bond acceptors (Lipinski definition) is 7. The Bertz CT molecular complexity index is 909. The highest BCUT2D eigenvalue weighted by atomic mass is 16.6. The van der Waals surface area contributed by atoms with Crippen LogP contribution in [0.1, 0.15) is 194 Å². The van der Waals surface area contributed by atoms with Crippen molar-refractivity contribution in [2.45, 2.75) is 212 Å². The third kappa shape index (κ3) is 37.5. The lowest BCUT2D eigenvalue weighted by molar-refractivity contribution is -0.161. The number of aliphatic hydroxyl groups excluding tert-OH is 3. The molecule has 0 amide bonds. The maximum absolute atomic E-state index is 12.2. The Morgan fingerprint density at radius 2 is 1.00 bits per heavy atom. The molecule has 0 aromatic heterocycles. The standard InChI is InChI=1S/C45H80O7/c1-3-5-7-9-11-12-13-14-15-16-17-18-19-20-21-22-23-25-31-37-44(49)51-40-43(39-46)52-45(50)38-32-36-42(48)35-30-27-26-29-34-41(47)33-28-24-10-8-6-4-2/h24,26-30,34-35,41-43,46-48H,3-23,25,31-33,36-40H2,1-2H3/b27-26+,28-24-,34-29+,35-30-/t41-,42-,43-/m0/s1. The predicted octanol–water partition coefficient (Wildman–Crippen LogP) is 11.3. The lowest BCUT2D eigenvalue weighted by Crippen LogP contribution is -2.28. The van der Waals surface area contributed by atoms with Crippen molar-refractivity contribution in [1.29, 1.82) is 0 Å². The minimum atomic E-state index is -0.884. The molecule has 0 saturated heterocycles. The van der Waals surface area contributed by atoms with Gasteiger partial charge in [0.2, 0.25) is 0 Å². The molecule has 0 radical (unpaired) electrons. The van der Waals surface area contributed by atoms with Gasteiger partial charge in [-0.2, -0.15) is 0 Å². The van der Waals surface area contributed by atoms with Crippen molar-refractivity contribution >= 4 is 11.9 Å². The van der Waals surface area contributed by atoms with Crippen LogP contribution >= 0.6 is 0 Å². The highest BCUT2D eigenvalue weighted by Gasteiger charge is 2.16. The lowest BCUT2D eigenvalue weighted by Gasteiger charge is -2.16. The van der Waals surface area contributed by atoms with Crippen LogP contribution in [0.15, 0.2) is 48.6 Å². The summed E-state index contributed by atoms with van der Waals surface area (Å²) < 4.78 is 10.5. The van der Waals surface area contributed by atoms with Crippen LogP contribution in [0.3, 0.4) is 0 Å². The molecule has 0 saturated carbocycles. The van der Waals surface area contributed by atoms with Crippen LogP contribution in [0.4, 0.5) is 0 Å². The van der Waals surface area contributed by atoms with E-state index in [9.17, 15) is 24.9 Å². The molecule has 3 atom stereocenters. The molecule has 52 heavy (non-hydrogen) atoms. The summed E-state index contributed by atoms with van der Waals surface area (Å²) in [5.74, 6) is -0.827. The number of hydrogen-bond donors (Lipinski definition) is 3. The number of aliphatic hydroxyl groups is 3. The number of allylic oxidation sites excluding steroid dienone is 5. The van der Waals surface area contributed by atoms with Crippen molar-refractivity contribution in [1.82, 2.24) is 0 Å². The van der Waals surface area contributed by atoms with Gasteiger partial charge in [-0.05, 0) is 38.5 Å². The van der Waals surface area contributed by atoms with Crippen LogP contribution < -0.4 is 0 Å². The molecular formula is C45H80O7. The smallest absolute Gasteiger partial charge is 0.306 e. The van der Waals surface area contributed by atoms with Crippen molar-refractivity contribution in [3.63, 3.8) is 0 Å². The Morgan fingerprint density at radius 3 is 1.52 bits per heavy atom. The summed E-state index contributed by atoms with van der Waals surface area (Å²) in [6.07, 6.45) is 43.8. The van der Waals surface area contributed by atoms with E-state index in [1.165, 1.54) is 122 Å². The number of carbonyl (C=O) groups is 2. The second-order valence-corrected chi connectivity index (χ2v) is 14.5. The van der Waals surface area contributed by atoms with Gasteiger partial charge in [-0.1, -0.05) is 191 Å². The summed E-state index contributed by atoms with van der Waals surface area (Å²) in [5, 5.41) is 29.7. The summed E-state index contributed by atoms with van der Waals surface area (Å²) in [4.78, 5) is 24.3. The van der Waals surface area contributed by atoms with Crippen molar-refractivity contribution in [2.24, 2.45) is 0 Å². The van der Waals surface area contributed by atoms with Gasteiger partial charge in [0.05, 0.1) is 18.8 Å². The molecule has 302 valence electrons. The Balaban J connectivity index is 3.76. The van der Waals surface area contributed by atoms with E-state index in [-0.39, 0.29) is 19.0 Å². The second kappa shape index (κ2) is 40.0. The number of unbranched alkanes of at least 4 members (excludes halogenated alkanes) is 21. The van der Waals surface area contributed by atoms with Crippen molar-refractivity contribution in [3.05, 3.63) is 48.6 Å². The lowest BCUT2D eigenvalue weighted by atomic mass is 10.0. The van der Waals surface area contributed by atoms with Gasteiger partial charge in [0.1, 0.15) is 6.61 Å². The van der Waals surface area contributed by atoms with Gasteiger partial charge in [0.15, 0.2) is 6.10 Å². The van der Waals surface area contributed by atoms with E-state index in [0.717, 1.165) is 25.7 Å². The van der Waals surface area contributed by atoms with Crippen molar-refractivity contribution in [2.75, 3.05) is 13.2 Å². The molecular weight excluding hydrogens is 652 g/mol. The van der Waals surface area contributed by atoms with Gasteiger partial charge in [-0.3, -0.25) is 9.59 Å². The average Bonchev–Trinajstić information content (AvgIpc) is 3.13. The van der Waals surface area contributed by atoms with E-state index in [1.807, 2.05) is 6.08 Å². The zero-order valence-corrected chi connectivity index (χ0v) is 33.5. The number of rotatable bonds is 38. The highest BCUT2D eigenvalue weighted by molar-refractivity contribution is 5.70. The monoisotopic (exact) mass is 733 g/mol. The van der Waals surface area contributed by atoms with E-state index < -0.39 is 30.9 Å². The molecule has 0 rings (SSSR count). The van der Waals surface area contributed by atoms with Crippen LogP contribution in [0.25, 0.3) is 0 Å². The molecule has 0 fully saturated rings.